The lowest BCUT2D eigenvalue weighted by Crippen LogP contribution is -2.21. The number of halogens is 1. The van der Waals surface area contributed by atoms with E-state index in [2.05, 4.69) is 24.4 Å². The predicted molar refractivity (Wildman–Crippen MR) is 80.0 cm³/mol. The molecule has 0 saturated carbocycles. The van der Waals surface area contributed by atoms with Gasteiger partial charge in [-0.1, -0.05) is 54.9 Å². The zero-order valence-electron chi connectivity index (χ0n) is 11.2. The monoisotopic (exact) mass is 275 g/mol. The number of hydrogen-bond acceptors (Lipinski definition) is 2. The van der Waals surface area contributed by atoms with Crippen molar-refractivity contribution in [1.82, 2.24) is 5.32 Å². The van der Waals surface area contributed by atoms with Gasteiger partial charge in [0.05, 0.1) is 18.2 Å². The van der Waals surface area contributed by atoms with Gasteiger partial charge in [0.1, 0.15) is 5.75 Å². The fourth-order valence-corrected chi connectivity index (χ4v) is 2.41. The van der Waals surface area contributed by atoms with Crippen molar-refractivity contribution in [2.24, 2.45) is 0 Å². The van der Waals surface area contributed by atoms with Crippen molar-refractivity contribution in [2.45, 2.75) is 13.0 Å². The highest BCUT2D eigenvalue weighted by Crippen LogP contribution is 2.30. The summed E-state index contributed by atoms with van der Waals surface area (Å²) in [5.74, 6) is 0.703. The Kier molecular flexibility index (Phi) is 4.83. The SMILES string of the molecule is CCNC(c1ccccc1)c1ccc(OC)c(Cl)c1. The largest absolute Gasteiger partial charge is 0.495 e. The molecule has 2 aromatic rings. The third kappa shape index (κ3) is 3.28. The molecule has 0 amide bonds. The third-order valence-electron chi connectivity index (χ3n) is 3.05. The Balaban J connectivity index is 2.37. The van der Waals surface area contributed by atoms with Crippen LogP contribution in [0.1, 0.15) is 24.1 Å². The number of rotatable bonds is 5. The van der Waals surface area contributed by atoms with Gasteiger partial charge < -0.3 is 10.1 Å². The first kappa shape index (κ1) is 13.9. The molecule has 2 aromatic carbocycles. The van der Waals surface area contributed by atoms with E-state index >= 15 is 0 Å². The first-order valence-corrected chi connectivity index (χ1v) is 6.75. The van der Waals surface area contributed by atoms with E-state index in [1.165, 1.54) is 5.56 Å². The maximum atomic E-state index is 6.21. The van der Waals surface area contributed by atoms with Crippen LogP contribution < -0.4 is 10.1 Å². The van der Waals surface area contributed by atoms with Crippen LogP contribution in [0.3, 0.4) is 0 Å². The fourth-order valence-electron chi connectivity index (χ4n) is 2.14. The summed E-state index contributed by atoms with van der Waals surface area (Å²) in [6.07, 6.45) is 0. The quantitative estimate of drug-likeness (QED) is 0.889. The fraction of sp³-hybridized carbons (Fsp3) is 0.250. The van der Waals surface area contributed by atoms with Crippen LogP contribution in [0.15, 0.2) is 48.5 Å². The van der Waals surface area contributed by atoms with E-state index in [4.69, 9.17) is 16.3 Å². The number of ether oxygens (including phenoxy) is 1. The summed E-state index contributed by atoms with van der Waals surface area (Å²) in [5, 5.41) is 4.12. The van der Waals surface area contributed by atoms with E-state index in [1.807, 2.05) is 36.4 Å². The molecule has 0 aliphatic heterocycles. The van der Waals surface area contributed by atoms with Crippen molar-refractivity contribution < 1.29 is 4.74 Å². The summed E-state index contributed by atoms with van der Waals surface area (Å²) >= 11 is 6.21. The van der Waals surface area contributed by atoms with Crippen molar-refractivity contribution in [1.29, 1.82) is 0 Å². The molecule has 0 fully saturated rings. The van der Waals surface area contributed by atoms with Crippen molar-refractivity contribution in [3.63, 3.8) is 0 Å². The van der Waals surface area contributed by atoms with Crippen LogP contribution in [0.2, 0.25) is 5.02 Å². The number of hydrogen-bond donors (Lipinski definition) is 1. The van der Waals surface area contributed by atoms with Gasteiger partial charge in [-0.25, -0.2) is 0 Å². The molecule has 2 nitrogen and oxygen atoms in total. The highest BCUT2D eigenvalue weighted by molar-refractivity contribution is 6.32. The van der Waals surface area contributed by atoms with E-state index in [1.54, 1.807) is 7.11 Å². The van der Waals surface area contributed by atoms with Gasteiger partial charge in [-0.05, 0) is 29.8 Å². The normalized spacial score (nSPS) is 12.2. The molecule has 0 aliphatic carbocycles. The molecule has 3 heteroatoms. The molecule has 0 bridgehead atoms. The Hall–Kier alpha value is -1.51. The average Bonchev–Trinajstić information content (AvgIpc) is 2.45. The molecular formula is C16H18ClNO. The van der Waals surface area contributed by atoms with Crippen molar-refractivity contribution >= 4 is 11.6 Å². The second-order valence-electron chi connectivity index (χ2n) is 4.30. The van der Waals surface area contributed by atoms with Gasteiger partial charge in [-0.15, -0.1) is 0 Å². The summed E-state index contributed by atoms with van der Waals surface area (Å²) in [6.45, 7) is 2.99. The molecule has 19 heavy (non-hydrogen) atoms. The molecule has 0 heterocycles. The van der Waals surface area contributed by atoms with Gasteiger partial charge in [0.25, 0.3) is 0 Å². The molecule has 1 N–H and O–H groups in total. The molecule has 0 saturated heterocycles. The van der Waals surface area contributed by atoms with Gasteiger partial charge in [0.2, 0.25) is 0 Å². The summed E-state index contributed by atoms with van der Waals surface area (Å²) < 4.78 is 5.19. The maximum Gasteiger partial charge on any atom is 0.137 e. The molecule has 100 valence electrons. The first-order chi connectivity index (χ1) is 9.26. The summed E-state index contributed by atoms with van der Waals surface area (Å²) in [7, 11) is 1.62. The van der Waals surface area contributed by atoms with E-state index in [0.717, 1.165) is 12.1 Å². The van der Waals surface area contributed by atoms with E-state index in [-0.39, 0.29) is 6.04 Å². The lowest BCUT2D eigenvalue weighted by molar-refractivity contribution is 0.414. The molecular weight excluding hydrogens is 258 g/mol. The first-order valence-electron chi connectivity index (χ1n) is 6.38. The Morgan fingerprint density at radius 3 is 2.42 bits per heavy atom. The van der Waals surface area contributed by atoms with Gasteiger partial charge >= 0.3 is 0 Å². The summed E-state index contributed by atoms with van der Waals surface area (Å²) in [4.78, 5) is 0. The van der Waals surface area contributed by atoms with Crippen molar-refractivity contribution in [2.75, 3.05) is 13.7 Å². The number of nitrogens with one attached hydrogen (secondary N) is 1. The second-order valence-corrected chi connectivity index (χ2v) is 4.70. The van der Waals surface area contributed by atoms with Gasteiger partial charge in [0, 0.05) is 0 Å². The van der Waals surface area contributed by atoms with Crippen molar-refractivity contribution in [3.05, 3.63) is 64.7 Å². The summed E-state index contributed by atoms with van der Waals surface area (Å²) in [5.41, 5.74) is 2.37. The highest BCUT2D eigenvalue weighted by Gasteiger charge is 2.14. The molecule has 1 atom stereocenters. The minimum Gasteiger partial charge on any atom is -0.495 e. The predicted octanol–water partition coefficient (Wildman–Crippen LogP) is 4.05. The Morgan fingerprint density at radius 2 is 1.84 bits per heavy atom. The van der Waals surface area contributed by atoms with Crippen LogP contribution in [0.4, 0.5) is 0 Å². The molecule has 0 aromatic heterocycles. The van der Waals surface area contributed by atoms with Gasteiger partial charge in [0.15, 0.2) is 0 Å². The third-order valence-corrected chi connectivity index (χ3v) is 3.35. The average molecular weight is 276 g/mol. The molecule has 1 unspecified atom stereocenters. The Bertz CT molecular complexity index is 528. The second kappa shape index (κ2) is 6.60. The maximum absolute atomic E-state index is 6.21. The van der Waals surface area contributed by atoms with Crippen molar-refractivity contribution in [3.8, 4) is 5.75 Å². The van der Waals surface area contributed by atoms with Crippen LogP contribution in [0.25, 0.3) is 0 Å². The standard InChI is InChI=1S/C16H18ClNO/c1-3-18-16(12-7-5-4-6-8-12)13-9-10-15(19-2)14(17)11-13/h4-11,16,18H,3H2,1-2H3. The van der Waals surface area contributed by atoms with Crippen LogP contribution in [0, 0.1) is 0 Å². The summed E-state index contributed by atoms with van der Waals surface area (Å²) in [6, 6.07) is 16.4. The number of benzene rings is 2. The van der Waals surface area contributed by atoms with Crippen LogP contribution in [0.5, 0.6) is 5.75 Å². The Labute approximate surface area is 119 Å². The molecule has 2 rings (SSSR count). The smallest absolute Gasteiger partial charge is 0.137 e. The lowest BCUT2D eigenvalue weighted by atomic mass is 9.98. The Morgan fingerprint density at radius 1 is 1.11 bits per heavy atom. The zero-order valence-corrected chi connectivity index (χ0v) is 11.9. The number of methoxy groups -OCH3 is 1. The topological polar surface area (TPSA) is 21.3 Å². The zero-order chi connectivity index (χ0) is 13.7. The van der Waals surface area contributed by atoms with Crippen LogP contribution in [-0.4, -0.2) is 13.7 Å². The highest BCUT2D eigenvalue weighted by atomic mass is 35.5. The minimum absolute atomic E-state index is 0.148. The van der Waals surface area contributed by atoms with Crippen LogP contribution >= 0.6 is 11.6 Å². The van der Waals surface area contributed by atoms with Crippen LogP contribution in [-0.2, 0) is 0 Å². The van der Waals surface area contributed by atoms with E-state index < -0.39 is 0 Å². The molecule has 0 spiro atoms. The lowest BCUT2D eigenvalue weighted by Gasteiger charge is -2.19. The van der Waals surface area contributed by atoms with Gasteiger partial charge in [-0.3, -0.25) is 0 Å². The molecule has 0 aliphatic rings. The van der Waals surface area contributed by atoms with E-state index in [0.29, 0.717) is 10.8 Å². The molecule has 0 radical (unpaired) electrons. The minimum atomic E-state index is 0.148. The van der Waals surface area contributed by atoms with E-state index in [9.17, 15) is 0 Å². The van der Waals surface area contributed by atoms with Gasteiger partial charge in [-0.2, -0.15) is 0 Å².